The van der Waals surface area contributed by atoms with Crippen LogP contribution in [0.4, 0.5) is 5.69 Å². The van der Waals surface area contributed by atoms with Crippen molar-refractivity contribution in [2.24, 2.45) is 10.2 Å². The van der Waals surface area contributed by atoms with Crippen LogP contribution in [0.3, 0.4) is 0 Å². The molecule has 8 nitrogen and oxygen atoms in total. The summed E-state index contributed by atoms with van der Waals surface area (Å²) in [6, 6.07) is 26.1. The number of amidine groups is 1. The van der Waals surface area contributed by atoms with Gasteiger partial charge in [0.2, 0.25) is 0 Å². The molecule has 0 aliphatic carbocycles. The molecule has 1 aromatic heterocycles. The molecule has 0 bridgehead atoms. The molecule has 1 fully saturated rings. The third-order valence-corrected chi connectivity index (χ3v) is 7.37. The molecule has 1 saturated heterocycles. The van der Waals surface area contributed by atoms with Crippen LogP contribution in [0.2, 0.25) is 0 Å². The highest BCUT2D eigenvalue weighted by atomic mass is 79.9. The van der Waals surface area contributed by atoms with E-state index < -0.39 is 0 Å². The van der Waals surface area contributed by atoms with E-state index in [9.17, 15) is 9.59 Å². The molecule has 2 amide bonds. The van der Waals surface area contributed by atoms with Gasteiger partial charge in [-0.25, -0.2) is 0 Å². The standard InChI is InChI=1S/C31H25BrN4O4S/c1-21-9-12-25(13-10-21)34-29(37)20-40-27-14-11-24(32)16-23(27)17-28-30(38)36(19-26-8-5-15-39-26)31(41-28)35-33-18-22-6-3-2-4-7-22/h2-18H,19-20H2,1H3,(H,34,37)/b28-17-,33-18+,35-31-. The summed E-state index contributed by atoms with van der Waals surface area (Å²) in [6.45, 7) is 1.99. The first-order chi connectivity index (χ1) is 19.9. The maximum absolute atomic E-state index is 13.5. The average Bonchev–Trinajstić information content (AvgIpc) is 3.59. The molecule has 2 heterocycles. The van der Waals surface area contributed by atoms with Crippen molar-refractivity contribution in [1.82, 2.24) is 4.90 Å². The monoisotopic (exact) mass is 628 g/mol. The lowest BCUT2D eigenvalue weighted by atomic mass is 10.2. The highest BCUT2D eigenvalue weighted by molar-refractivity contribution is 9.10. The van der Waals surface area contributed by atoms with Crippen LogP contribution in [0.5, 0.6) is 5.75 Å². The van der Waals surface area contributed by atoms with Gasteiger partial charge < -0.3 is 14.5 Å². The molecule has 0 spiro atoms. The lowest BCUT2D eigenvalue weighted by Crippen LogP contribution is -2.28. The Morgan fingerprint density at radius 1 is 1.07 bits per heavy atom. The molecule has 41 heavy (non-hydrogen) atoms. The Kier molecular flexibility index (Phi) is 9.12. The number of benzene rings is 3. The Bertz CT molecular complexity index is 1620. The van der Waals surface area contributed by atoms with Gasteiger partial charge in [-0.15, -0.1) is 5.10 Å². The molecule has 0 atom stereocenters. The highest BCUT2D eigenvalue weighted by Gasteiger charge is 2.34. The zero-order valence-electron chi connectivity index (χ0n) is 22.0. The molecule has 1 N–H and O–H groups in total. The second kappa shape index (κ2) is 13.3. The van der Waals surface area contributed by atoms with Crippen LogP contribution in [-0.4, -0.2) is 34.7 Å². The zero-order valence-corrected chi connectivity index (χ0v) is 24.4. The number of ether oxygens (including phenoxy) is 1. The van der Waals surface area contributed by atoms with Crippen LogP contribution in [0.15, 0.2) is 115 Å². The predicted octanol–water partition coefficient (Wildman–Crippen LogP) is 6.87. The molecule has 10 heteroatoms. The summed E-state index contributed by atoms with van der Waals surface area (Å²) in [5.41, 5.74) is 3.31. The van der Waals surface area contributed by atoms with Crippen molar-refractivity contribution < 1.29 is 18.7 Å². The number of carbonyl (C=O) groups is 2. The number of hydrogen-bond acceptors (Lipinski definition) is 7. The Hall–Kier alpha value is -4.41. The Morgan fingerprint density at radius 3 is 2.63 bits per heavy atom. The van der Waals surface area contributed by atoms with Gasteiger partial charge in [0.05, 0.1) is 23.9 Å². The largest absolute Gasteiger partial charge is 0.483 e. The second-order valence-electron chi connectivity index (χ2n) is 9.00. The van der Waals surface area contributed by atoms with Crippen molar-refractivity contribution in [2.75, 3.05) is 11.9 Å². The summed E-state index contributed by atoms with van der Waals surface area (Å²) < 4.78 is 12.1. The van der Waals surface area contributed by atoms with Crippen molar-refractivity contribution in [3.8, 4) is 5.75 Å². The normalized spacial score (nSPS) is 15.3. The molecule has 0 unspecified atom stereocenters. The number of hydrogen-bond donors (Lipinski definition) is 1. The first kappa shape index (κ1) is 28.1. The van der Waals surface area contributed by atoms with Crippen LogP contribution < -0.4 is 10.1 Å². The summed E-state index contributed by atoms with van der Waals surface area (Å²) in [7, 11) is 0. The number of anilines is 1. The average molecular weight is 630 g/mol. The summed E-state index contributed by atoms with van der Waals surface area (Å²) >= 11 is 4.69. The van der Waals surface area contributed by atoms with Gasteiger partial charge in [0.25, 0.3) is 11.8 Å². The Labute approximate surface area is 249 Å². The van der Waals surface area contributed by atoms with E-state index in [1.54, 1.807) is 36.8 Å². The van der Waals surface area contributed by atoms with Crippen LogP contribution in [0, 0.1) is 6.92 Å². The van der Waals surface area contributed by atoms with E-state index in [-0.39, 0.29) is 25.0 Å². The zero-order chi connectivity index (χ0) is 28.6. The maximum Gasteiger partial charge on any atom is 0.267 e. The molecule has 3 aromatic carbocycles. The van der Waals surface area contributed by atoms with Gasteiger partial charge >= 0.3 is 0 Å². The molecule has 206 valence electrons. The number of nitrogens with zero attached hydrogens (tertiary/aromatic N) is 3. The summed E-state index contributed by atoms with van der Waals surface area (Å²) in [5.74, 6) is 0.532. The Balaban J connectivity index is 1.36. The number of halogens is 1. The minimum atomic E-state index is -0.294. The van der Waals surface area contributed by atoms with E-state index in [1.165, 1.54) is 16.7 Å². The van der Waals surface area contributed by atoms with Gasteiger partial charge in [-0.3, -0.25) is 14.5 Å². The summed E-state index contributed by atoms with van der Waals surface area (Å²) in [5, 5.41) is 11.8. The number of nitrogens with one attached hydrogen (secondary N) is 1. The molecule has 5 rings (SSSR count). The van der Waals surface area contributed by atoms with Crippen LogP contribution in [0.25, 0.3) is 6.08 Å². The number of amides is 2. The van der Waals surface area contributed by atoms with Gasteiger partial charge in [-0.1, -0.05) is 64.0 Å². The maximum atomic E-state index is 13.5. The second-order valence-corrected chi connectivity index (χ2v) is 10.9. The molecular formula is C31H25BrN4O4S. The smallest absolute Gasteiger partial charge is 0.267 e. The molecule has 1 aliphatic heterocycles. The number of thioether (sulfide) groups is 1. The first-order valence-corrected chi connectivity index (χ1v) is 14.2. The van der Waals surface area contributed by atoms with Crippen molar-refractivity contribution in [1.29, 1.82) is 0 Å². The first-order valence-electron chi connectivity index (χ1n) is 12.6. The van der Waals surface area contributed by atoms with Gasteiger partial charge in [0.15, 0.2) is 11.8 Å². The number of carbonyl (C=O) groups excluding carboxylic acids is 2. The predicted molar refractivity (Wildman–Crippen MR) is 166 cm³/mol. The van der Waals surface area contributed by atoms with Crippen molar-refractivity contribution >= 4 is 62.7 Å². The summed E-state index contributed by atoms with van der Waals surface area (Å²) in [6.07, 6.45) is 4.92. The Morgan fingerprint density at radius 2 is 1.88 bits per heavy atom. The third-order valence-electron chi connectivity index (χ3n) is 5.88. The fourth-order valence-electron chi connectivity index (χ4n) is 3.85. The van der Waals surface area contributed by atoms with E-state index in [2.05, 4.69) is 31.4 Å². The van der Waals surface area contributed by atoms with E-state index in [4.69, 9.17) is 9.15 Å². The van der Waals surface area contributed by atoms with E-state index in [1.807, 2.05) is 73.7 Å². The number of furan rings is 1. The molecule has 1 aliphatic rings. The van der Waals surface area contributed by atoms with Crippen LogP contribution in [-0.2, 0) is 16.1 Å². The van der Waals surface area contributed by atoms with Gasteiger partial charge in [0.1, 0.15) is 11.5 Å². The fraction of sp³-hybridized carbons (Fsp3) is 0.0968. The van der Waals surface area contributed by atoms with Gasteiger partial charge in [-0.05, 0) is 72.8 Å². The van der Waals surface area contributed by atoms with E-state index in [0.717, 1.165) is 15.6 Å². The number of rotatable bonds is 9. The topological polar surface area (TPSA) is 96.5 Å². The van der Waals surface area contributed by atoms with Gasteiger partial charge in [0, 0.05) is 15.7 Å². The van der Waals surface area contributed by atoms with Crippen molar-refractivity contribution in [3.63, 3.8) is 0 Å². The molecule has 0 radical (unpaired) electrons. The molecular weight excluding hydrogens is 604 g/mol. The van der Waals surface area contributed by atoms with Gasteiger partial charge in [-0.2, -0.15) is 5.10 Å². The summed E-state index contributed by atoms with van der Waals surface area (Å²) in [4.78, 5) is 28.0. The lowest BCUT2D eigenvalue weighted by Gasteiger charge is -2.13. The van der Waals surface area contributed by atoms with Crippen molar-refractivity contribution in [3.05, 3.63) is 123 Å². The van der Waals surface area contributed by atoms with E-state index >= 15 is 0 Å². The van der Waals surface area contributed by atoms with Crippen LogP contribution in [0.1, 0.15) is 22.5 Å². The van der Waals surface area contributed by atoms with Crippen molar-refractivity contribution in [2.45, 2.75) is 13.5 Å². The molecule has 4 aromatic rings. The van der Waals surface area contributed by atoms with Crippen LogP contribution >= 0.6 is 27.7 Å². The minimum Gasteiger partial charge on any atom is -0.483 e. The molecule has 0 saturated carbocycles. The number of aryl methyl sites for hydroxylation is 1. The lowest BCUT2D eigenvalue weighted by molar-refractivity contribution is -0.122. The minimum absolute atomic E-state index is 0.196. The quantitative estimate of drug-likeness (QED) is 0.124. The fourth-order valence-corrected chi connectivity index (χ4v) is 5.15. The van der Waals surface area contributed by atoms with E-state index in [0.29, 0.717) is 32.8 Å². The third kappa shape index (κ3) is 7.62. The highest BCUT2D eigenvalue weighted by Crippen LogP contribution is 2.36. The SMILES string of the molecule is Cc1ccc(NC(=O)COc2ccc(Br)cc2/C=C2\S/C(=N\N=C\c3ccccc3)N(Cc3ccco3)C2=O)cc1.